The number of para-hydroxylation sites is 1. The summed E-state index contributed by atoms with van der Waals surface area (Å²) in [5.74, 6) is 0.128. The fraction of sp³-hybridized carbons (Fsp3) is 0.250. The van der Waals surface area contributed by atoms with E-state index in [9.17, 15) is 4.79 Å². The molecule has 0 amide bonds. The van der Waals surface area contributed by atoms with Crippen molar-refractivity contribution in [2.24, 2.45) is 0 Å². The van der Waals surface area contributed by atoms with Gasteiger partial charge in [0.1, 0.15) is 0 Å². The molecule has 1 aliphatic carbocycles. The summed E-state index contributed by atoms with van der Waals surface area (Å²) in [6.07, 6.45) is 7.10. The van der Waals surface area contributed by atoms with Crippen LogP contribution in [0.4, 0.5) is 0 Å². The number of halogens is 1. The van der Waals surface area contributed by atoms with E-state index in [2.05, 4.69) is 51.6 Å². The molecule has 0 atom stereocenters. The first kappa shape index (κ1) is 14.9. The number of carbonyl (C=O) groups excluding carboxylic acids is 1. The number of hydrogen-bond donors (Lipinski definition) is 0. The molecule has 1 aliphatic rings. The average molecular weight is 415 g/mol. The summed E-state index contributed by atoms with van der Waals surface area (Å²) >= 11 is 2.24. The van der Waals surface area contributed by atoms with Crippen LogP contribution in [0, 0.1) is 3.57 Å². The van der Waals surface area contributed by atoms with Gasteiger partial charge in [0.2, 0.25) is 0 Å². The van der Waals surface area contributed by atoms with Crippen LogP contribution in [0.1, 0.15) is 47.6 Å². The SMILES string of the molecule is O=C(c1ccccc1I)c1cn(C2CCCC2)c2ccccc12. The Kier molecular flexibility index (Phi) is 3.97. The van der Waals surface area contributed by atoms with Gasteiger partial charge in [-0.15, -0.1) is 0 Å². The molecular formula is C20H18INO. The van der Waals surface area contributed by atoms with Gasteiger partial charge in [-0.05, 0) is 53.6 Å². The number of benzene rings is 2. The van der Waals surface area contributed by atoms with Gasteiger partial charge in [0.05, 0.1) is 0 Å². The molecule has 1 heterocycles. The molecule has 0 N–H and O–H groups in total. The minimum atomic E-state index is 0.128. The first-order valence-electron chi connectivity index (χ1n) is 8.14. The van der Waals surface area contributed by atoms with Crippen LogP contribution in [0.3, 0.4) is 0 Å². The average Bonchev–Trinajstić information content (AvgIpc) is 3.22. The zero-order chi connectivity index (χ0) is 15.8. The van der Waals surface area contributed by atoms with Gasteiger partial charge in [-0.3, -0.25) is 4.79 Å². The fourth-order valence-corrected chi connectivity index (χ4v) is 4.29. The maximum absolute atomic E-state index is 13.1. The molecule has 1 fully saturated rings. The topological polar surface area (TPSA) is 22.0 Å². The second kappa shape index (κ2) is 6.11. The zero-order valence-corrected chi connectivity index (χ0v) is 15.0. The third kappa shape index (κ3) is 2.61. The predicted molar refractivity (Wildman–Crippen MR) is 102 cm³/mol. The van der Waals surface area contributed by atoms with E-state index in [1.807, 2.05) is 30.3 Å². The molecule has 23 heavy (non-hydrogen) atoms. The molecule has 0 saturated heterocycles. The third-order valence-electron chi connectivity index (χ3n) is 4.82. The molecule has 0 unspecified atom stereocenters. The highest BCUT2D eigenvalue weighted by molar-refractivity contribution is 14.1. The molecule has 4 rings (SSSR count). The number of ketones is 1. The van der Waals surface area contributed by atoms with Gasteiger partial charge in [0, 0.05) is 37.8 Å². The Morgan fingerprint density at radius 2 is 1.65 bits per heavy atom. The van der Waals surface area contributed by atoms with E-state index in [0.717, 1.165) is 20.1 Å². The van der Waals surface area contributed by atoms with Gasteiger partial charge in [0.15, 0.2) is 5.78 Å². The van der Waals surface area contributed by atoms with Crippen LogP contribution in [-0.2, 0) is 0 Å². The molecule has 1 saturated carbocycles. The molecule has 0 spiro atoms. The minimum absolute atomic E-state index is 0.128. The lowest BCUT2D eigenvalue weighted by molar-refractivity contribution is 0.103. The smallest absolute Gasteiger partial charge is 0.196 e. The quantitative estimate of drug-likeness (QED) is 0.404. The summed E-state index contributed by atoms with van der Waals surface area (Å²) in [6.45, 7) is 0. The van der Waals surface area contributed by atoms with Crippen molar-refractivity contribution in [2.45, 2.75) is 31.7 Å². The summed E-state index contributed by atoms with van der Waals surface area (Å²) in [4.78, 5) is 13.1. The molecule has 2 nitrogen and oxygen atoms in total. The fourth-order valence-electron chi connectivity index (χ4n) is 3.66. The van der Waals surface area contributed by atoms with Gasteiger partial charge in [-0.25, -0.2) is 0 Å². The van der Waals surface area contributed by atoms with E-state index in [-0.39, 0.29) is 5.78 Å². The molecule has 3 heteroatoms. The third-order valence-corrected chi connectivity index (χ3v) is 5.76. The second-order valence-electron chi connectivity index (χ2n) is 6.21. The largest absolute Gasteiger partial charge is 0.344 e. The first-order chi connectivity index (χ1) is 11.3. The van der Waals surface area contributed by atoms with E-state index in [4.69, 9.17) is 0 Å². The maximum Gasteiger partial charge on any atom is 0.196 e. The monoisotopic (exact) mass is 415 g/mol. The van der Waals surface area contributed by atoms with Gasteiger partial charge in [-0.1, -0.05) is 43.2 Å². The summed E-state index contributed by atoms with van der Waals surface area (Å²) in [5.41, 5.74) is 2.81. The second-order valence-corrected chi connectivity index (χ2v) is 7.38. The number of carbonyl (C=O) groups is 1. The van der Waals surface area contributed by atoms with Gasteiger partial charge < -0.3 is 4.57 Å². The van der Waals surface area contributed by atoms with Crippen molar-refractivity contribution in [3.8, 4) is 0 Å². The molecule has 1 aromatic heterocycles. The van der Waals surface area contributed by atoms with Crippen LogP contribution in [0.25, 0.3) is 10.9 Å². The highest BCUT2D eigenvalue weighted by Crippen LogP contribution is 2.35. The first-order valence-corrected chi connectivity index (χ1v) is 9.22. The van der Waals surface area contributed by atoms with Crippen molar-refractivity contribution >= 4 is 39.3 Å². The van der Waals surface area contributed by atoms with Crippen LogP contribution in [0.2, 0.25) is 0 Å². The van der Waals surface area contributed by atoms with Crippen LogP contribution in [0.5, 0.6) is 0 Å². The van der Waals surface area contributed by atoms with Gasteiger partial charge in [0.25, 0.3) is 0 Å². The van der Waals surface area contributed by atoms with Crippen LogP contribution >= 0.6 is 22.6 Å². The molecule has 0 aliphatic heterocycles. The number of rotatable bonds is 3. The summed E-state index contributed by atoms with van der Waals surface area (Å²) in [6, 6.07) is 16.7. The van der Waals surface area contributed by atoms with Crippen molar-refractivity contribution in [1.82, 2.24) is 4.57 Å². The number of hydrogen-bond acceptors (Lipinski definition) is 1. The Hall–Kier alpha value is -1.62. The molecule has 0 bridgehead atoms. The van der Waals surface area contributed by atoms with Crippen LogP contribution in [-0.4, -0.2) is 10.4 Å². The minimum Gasteiger partial charge on any atom is -0.344 e. The number of nitrogens with zero attached hydrogens (tertiary/aromatic N) is 1. The summed E-state index contributed by atoms with van der Waals surface area (Å²) < 4.78 is 3.35. The molecular weight excluding hydrogens is 397 g/mol. The Morgan fingerprint density at radius 1 is 0.957 bits per heavy atom. The normalized spacial score (nSPS) is 15.3. The lowest BCUT2D eigenvalue weighted by atomic mass is 10.0. The highest BCUT2D eigenvalue weighted by Gasteiger charge is 2.23. The Morgan fingerprint density at radius 3 is 2.43 bits per heavy atom. The van der Waals surface area contributed by atoms with E-state index in [1.165, 1.54) is 31.2 Å². The Bertz CT molecular complexity index is 874. The van der Waals surface area contributed by atoms with Gasteiger partial charge >= 0.3 is 0 Å². The number of fused-ring (bicyclic) bond motifs is 1. The van der Waals surface area contributed by atoms with E-state index >= 15 is 0 Å². The van der Waals surface area contributed by atoms with Crippen molar-refractivity contribution < 1.29 is 4.79 Å². The Labute approximate surface area is 149 Å². The number of aromatic nitrogens is 1. The van der Waals surface area contributed by atoms with Gasteiger partial charge in [-0.2, -0.15) is 0 Å². The molecule has 2 aromatic carbocycles. The van der Waals surface area contributed by atoms with Crippen molar-refractivity contribution in [1.29, 1.82) is 0 Å². The van der Waals surface area contributed by atoms with E-state index in [1.54, 1.807) is 0 Å². The Balaban J connectivity index is 1.87. The molecule has 0 radical (unpaired) electrons. The van der Waals surface area contributed by atoms with Crippen molar-refractivity contribution in [2.75, 3.05) is 0 Å². The van der Waals surface area contributed by atoms with E-state index in [0.29, 0.717) is 6.04 Å². The predicted octanol–water partition coefficient (Wildman–Crippen LogP) is 5.59. The summed E-state index contributed by atoms with van der Waals surface area (Å²) in [5, 5.41) is 1.07. The highest BCUT2D eigenvalue weighted by atomic mass is 127. The lowest BCUT2D eigenvalue weighted by Crippen LogP contribution is -2.05. The molecule has 116 valence electrons. The summed E-state index contributed by atoms with van der Waals surface area (Å²) in [7, 11) is 0. The van der Waals surface area contributed by atoms with Crippen LogP contribution < -0.4 is 0 Å². The van der Waals surface area contributed by atoms with Crippen molar-refractivity contribution in [3.63, 3.8) is 0 Å². The lowest BCUT2D eigenvalue weighted by Gasteiger charge is -2.12. The van der Waals surface area contributed by atoms with Crippen molar-refractivity contribution in [3.05, 3.63) is 69.4 Å². The zero-order valence-electron chi connectivity index (χ0n) is 12.8. The molecule has 3 aromatic rings. The van der Waals surface area contributed by atoms with Crippen LogP contribution in [0.15, 0.2) is 54.7 Å². The standard InChI is InChI=1S/C20H18INO/c21-18-11-5-3-10-16(18)20(23)17-13-22(14-7-1-2-8-14)19-12-6-4-9-15(17)19/h3-6,9-14H,1-2,7-8H2. The van der Waals surface area contributed by atoms with E-state index < -0.39 is 0 Å². The maximum atomic E-state index is 13.1.